The Hall–Kier alpha value is -0.850. The standard InChI is InChI=1S/C7H12NO4P/c1-6(9)12-7(5-8)3-4-11-13(2)10/h7,13H,3-4H2,1-2H3. The Kier molecular flexibility index (Phi) is 6.21. The molecule has 0 radical (unpaired) electrons. The van der Waals surface area contributed by atoms with Crippen LogP contribution in [0.4, 0.5) is 0 Å². The molecule has 74 valence electrons. The maximum atomic E-state index is 10.5. The Balaban J connectivity index is 3.68. The van der Waals surface area contributed by atoms with E-state index in [1.165, 1.54) is 13.6 Å². The number of carbonyl (C=O) groups excluding carboxylic acids is 1. The van der Waals surface area contributed by atoms with Gasteiger partial charge in [-0.25, -0.2) is 0 Å². The van der Waals surface area contributed by atoms with Crippen LogP contribution in [0.15, 0.2) is 0 Å². The molecule has 0 aliphatic heterocycles. The molecule has 0 aliphatic carbocycles. The van der Waals surface area contributed by atoms with Gasteiger partial charge in [0.2, 0.25) is 0 Å². The highest BCUT2D eigenvalue weighted by Crippen LogP contribution is 2.15. The number of carbonyl (C=O) groups is 1. The SMILES string of the molecule is CC(=O)OC(C#N)CCO[PH](C)=O. The molecule has 0 saturated carbocycles. The van der Waals surface area contributed by atoms with Gasteiger partial charge < -0.3 is 9.26 Å². The van der Waals surface area contributed by atoms with Crippen molar-refractivity contribution in [3.8, 4) is 6.07 Å². The van der Waals surface area contributed by atoms with Gasteiger partial charge in [-0.1, -0.05) is 0 Å². The van der Waals surface area contributed by atoms with Gasteiger partial charge >= 0.3 is 5.97 Å². The molecule has 0 amide bonds. The maximum Gasteiger partial charge on any atom is 0.303 e. The summed E-state index contributed by atoms with van der Waals surface area (Å²) < 4.78 is 19.9. The summed E-state index contributed by atoms with van der Waals surface area (Å²) in [6.07, 6.45) is -0.556. The average molecular weight is 205 g/mol. The van der Waals surface area contributed by atoms with Gasteiger partial charge in [0.05, 0.1) is 6.61 Å². The Labute approximate surface area is 77.5 Å². The molecule has 0 aromatic carbocycles. The summed E-state index contributed by atoms with van der Waals surface area (Å²) in [5, 5.41) is 8.49. The van der Waals surface area contributed by atoms with E-state index in [0.717, 1.165) is 0 Å². The Bertz CT molecular complexity index is 235. The van der Waals surface area contributed by atoms with Crippen molar-refractivity contribution >= 4 is 14.0 Å². The normalized spacial score (nSPS) is 14.2. The monoisotopic (exact) mass is 205 g/mol. The minimum Gasteiger partial charge on any atom is -0.447 e. The van der Waals surface area contributed by atoms with Crippen LogP contribution in [0.5, 0.6) is 0 Å². The van der Waals surface area contributed by atoms with E-state index in [2.05, 4.69) is 4.74 Å². The first-order chi connectivity index (χ1) is 6.06. The zero-order valence-corrected chi connectivity index (χ0v) is 8.57. The lowest BCUT2D eigenvalue weighted by molar-refractivity contribution is -0.144. The summed E-state index contributed by atoms with van der Waals surface area (Å²) in [4.78, 5) is 10.4. The number of hydrogen-bond acceptors (Lipinski definition) is 5. The quantitative estimate of drug-likeness (QED) is 0.493. The minimum atomic E-state index is -1.97. The largest absolute Gasteiger partial charge is 0.447 e. The molecular weight excluding hydrogens is 193 g/mol. The molecule has 2 atom stereocenters. The van der Waals surface area contributed by atoms with Crippen molar-refractivity contribution in [3.63, 3.8) is 0 Å². The van der Waals surface area contributed by atoms with Crippen LogP contribution in [0.3, 0.4) is 0 Å². The topological polar surface area (TPSA) is 76.4 Å². The van der Waals surface area contributed by atoms with Gasteiger partial charge in [0.1, 0.15) is 6.07 Å². The van der Waals surface area contributed by atoms with Crippen LogP contribution < -0.4 is 0 Å². The predicted molar refractivity (Wildman–Crippen MR) is 46.7 cm³/mol. The lowest BCUT2D eigenvalue weighted by atomic mass is 10.3. The molecule has 6 heteroatoms. The Morgan fingerprint density at radius 2 is 2.31 bits per heavy atom. The minimum absolute atomic E-state index is 0.166. The van der Waals surface area contributed by atoms with Crippen LogP contribution in [0.25, 0.3) is 0 Å². The van der Waals surface area contributed by atoms with E-state index in [-0.39, 0.29) is 13.0 Å². The van der Waals surface area contributed by atoms with Crippen LogP contribution in [0.2, 0.25) is 0 Å². The zero-order valence-electron chi connectivity index (χ0n) is 7.57. The number of hydrogen-bond donors (Lipinski definition) is 0. The van der Waals surface area contributed by atoms with Crippen molar-refractivity contribution < 1.29 is 18.6 Å². The fourth-order valence-electron chi connectivity index (χ4n) is 0.660. The van der Waals surface area contributed by atoms with Crippen LogP contribution >= 0.6 is 8.03 Å². The van der Waals surface area contributed by atoms with Crippen molar-refractivity contribution in [3.05, 3.63) is 0 Å². The average Bonchev–Trinajstić information content (AvgIpc) is 2.01. The van der Waals surface area contributed by atoms with Gasteiger partial charge in [0.25, 0.3) is 0 Å². The Morgan fingerprint density at radius 3 is 2.69 bits per heavy atom. The van der Waals surface area contributed by atoms with Crippen LogP contribution in [0.1, 0.15) is 13.3 Å². The van der Waals surface area contributed by atoms with Crippen molar-refractivity contribution in [1.29, 1.82) is 5.26 Å². The van der Waals surface area contributed by atoms with Gasteiger partial charge in [0, 0.05) is 20.0 Å². The summed E-state index contributed by atoms with van der Waals surface area (Å²) >= 11 is 0. The summed E-state index contributed by atoms with van der Waals surface area (Å²) in [5.74, 6) is -0.504. The third-order valence-corrected chi connectivity index (χ3v) is 1.75. The van der Waals surface area contributed by atoms with E-state index in [1.807, 2.05) is 0 Å². The lowest BCUT2D eigenvalue weighted by Crippen LogP contribution is -2.15. The van der Waals surface area contributed by atoms with Crippen molar-refractivity contribution in [2.24, 2.45) is 0 Å². The molecular formula is C7H12NO4P. The molecule has 0 heterocycles. The second-order valence-corrected chi connectivity index (χ2v) is 3.63. The second-order valence-electron chi connectivity index (χ2n) is 2.36. The molecule has 13 heavy (non-hydrogen) atoms. The molecule has 0 fully saturated rings. The fraction of sp³-hybridized carbons (Fsp3) is 0.714. The van der Waals surface area contributed by atoms with E-state index in [1.54, 1.807) is 6.07 Å². The lowest BCUT2D eigenvalue weighted by Gasteiger charge is -2.08. The van der Waals surface area contributed by atoms with Crippen molar-refractivity contribution in [2.45, 2.75) is 19.4 Å². The zero-order chi connectivity index (χ0) is 10.3. The smallest absolute Gasteiger partial charge is 0.303 e. The molecule has 0 bridgehead atoms. The molecule has 0 N–H and O–H groups in total. The molecule has 0 aliphatic rings. The molecule has 0 aromatic rings. The fourth-order valence-corrected chi connectivity index (χ4v) is 1.07. The first kappa shape index (κ1) is 12.2. The molecule has 0 spiro atoms. The van der Waals surface area contributed by atoms with Gasteiger partial charge in [-0.05, 0) is 0 Å². The summed E-state index contributed by atoms with van der Waals surface area (Å²) in [6, 6.07) is 1.79. The summed E-state index contributed by atoms with van der Waals surface area (Å²) in [7, 11) is -1.97. The van der Waals surface area contributed by atoms with Crippen LogP contribution in [-0.4, -0.2) is 25.3 Å². The van der Waals surface area contributed by atoms with E-state index >= 15 is 0 Å². The van der Waals surface area contributed by atoms with Gasteiger partial charge in [-0.15, -0.1) is 0 Å². The Morgan fingerprint density at radius 1 is 1.69 bits per heavy atom. The molecule has 2 unspecified atom stereocenters. The highest BCUT2D eigenvalue weighted by molar-refractivity contribution is 7.38. The number of nitrogens with zero attached hydrogens (tertiary/aromatic N) is 1. The van der Waals surface area contributed by atoms with Gasteiger partial charge in [0.15, 0.2) is 14.1 Å². The number of ether oxygens (including phenoxy) is 1. The summed E-state index contributed by atoms with van der Waals surface area (Å²) in [6.45, 7) is 2.85. The first-order valence-electron chi connectivity index (χ1n) is 3.76. The third-order valence-electron chi connectivity index (χ3n) is 1.14. The van der Waals surface area contributed by atoms with E-state index in [0.29, 0.717) is 0 Å². The van der Waals surface area contributed by atoms with Crippen LogP contribution in [0, 0.1) is 11.3 Å². The number of rotatable bonds is 5. The molecule has 5 nitrogen and oxygen atoms in total. The van der Waals surface area contributed by atoms with Gasteiger partial charge in [-0.2, -0.15) is 5.26 Å². The highest BCUT2D eigenvalue weighted by Gasteiger charge is 2.10. The molecule has 0 rings (SSSR count). The number of nitriles is 1. The molecule has 0 aromatic heterocycles. The highest BCUT2D eigenvalue weighted by atomic mass is 31.1. The van der Waals surface area contributed by atoms with Crippen molar-refractivity contribution in [2.75, 3.05) is 13.3 Å². The third kappa shape index (κ3) is 7.51. The summed E-state index contributed by atoms with van der Waals surface area (Å²) in [5.41, 5.74) is 0. The predicted octanol–water partition coefficient (Wildman–Crippen LogP) is 0.953. The van der Waals surface area contributed by atoms with E-state index in [4.69, 9.17) is 9.79 Å². The van der Waals surface area contributed by atoms with E-state index < -0.39 is 20.1 Å². The van der Waals surface area contributed by atoms with Gasteiger partial charge in [-0.3, -0.25) is 9.36 Å². The second kappa shape index (κ2) is 6.64. The first-order valence-corrected chi connectivity index (χ1v) is 5.58. The molecule has 0 saturated heterocycles. The maximum absolute atomic E-state index is 10.5. The van der Waals surface area contributed by atoms with Crippen molar-refractivity contribution in [1.82, 2.24) is 0 Å². The van der Waals surface area contributed by atoms with Crippen LogP contribution in [-0.2, 0) is 18.6 Å². The number of esters is 1. The van der Waals surface area contributed by atoms with E-state index in [9.17, 15) is 9.36 Å².